The van der Waals surface area contributed by atoms with Crippen molar-refractivity contribution in [2.24, 2.45) is 5.92 Å². The Morgan fingerprint density at radius 3 is 2.80 bits per heavy atom. The highest BCUT2D eigenvalue weighted by molar-refractivity contribution is 7.89. The number of pyridine rings is 1. The molecule has 112 valence electrons. The van der Waals surface area contributed by atoms with E-state index in [1.807, 2.05) is 0 Å². The van der Waals surface area contributed by atoms with E-state index in [9.17, 15) is 8.42 Å². The molecule has 0 aromatic carbocycles. The first-order valence-electron chi connectivity index (χ1n) is 7.25. The van der Waals surface area contributed by atoms with Crippen molar-refractivity contribution in [3.8, 4) is 0 Å². The molecule has 1 aliphatic rings. The third-order valence-corrected chi connectivity index (χ3v) is 5.78. The third-order valence-electron chi connectivity index (χ3n) is 3.90. The standard InChI is InChI=1S/C14H23N3O2S/c1-2-4-12-5-3-9-17(10-8-12)20(18,19)13-6-7-14(15)16-11-13/h6-7,11-12H,2-5,8-10H2,1H3,(H2,15,16). The normalized spacial score (nSPS) is 21.6. The van der Waals surface area contributed by atoms with Crippen LogP contribution >= 0.6 is 0 Å². The van der Waals surface area contributed by atoms with Crippen LogP contribution in [0.1, 0.15) is 39.0 Å². The number of aromatic nitrogens is 1. The van der Waals surface area contributed by atoms with Crippen LogP contribution in [0, 0.1) is 5.92 Å². The van der Waals surface area contributed by atoms with Gasteiger partial charge in [0.15, 0.2) is 0 Å². The van der Waals surface area contributed by atoms with E-state index in [4.69, 9.17) is 5.73 Å². The van der Waals surface area contributed by atoms with E-state index in [1.165, 1.54) is 31.2 Å². The summed E-state index contributed by atoms with van der Waals surface area (Å²) in [6, 6.07) is 3.07. The van der Waals surface area contributed by atoms with E-state index in [1.54, 1.807) is 4.31 Å². The Balaban J connectivity index is 2.11. The molecule has 0 saturated carbocycles. The Kier molecular flexibility index (Phi) is 4.99. The summed E-state index contributed by atoms with van der Waals surface area (Å²) in [5.74, 6) is 0.993. The van der Waals surface area contributed by atoms with Crippen molar-refractivity contribution in [3.05, 3.63) is 18.3 Å². The van der Waals surface area contributed by atoms with Crippen molar-refractivity contribution in [2.45, 2.75) is 43.9 Å². The second kappa shape index (κ2) is 6.54. The predicted molar refractivity (Wildman–Crippen MR) is 79.7 cm³/mol. The highest BCUT2D eigenvalue weighted by Crippen LogP contribution is 2.25. The van der Waals surface area contributed by atoms with Gasteiger partial charge in [0.2, 0.25) is 10.0 Å². The average molecular weight is 297 g/mol. The van der Waals surface area contributed by atoms with Gasteiger partial charge in [0.1, 0.15) is 10.7 Å². The summed E-state index contributed by atoms with van der Waals surface area (Å²) >= 11 is 0. The zero-order valence-corrected chi connectivity index (χ0v) is 12.8. The van der Waals surface area contributed by atoms with Crippen LogP contribution < -0.4 is 5.73 Å². The molecule has 6 heteroatoms. The van der Waals surface area contributed by atoms with Crippen LogP contribution in [0.3, 0.4) is 0 Å². The molecule has 20 heavy (non-hydrogen) atoms. The van der Waals surface area contributed by atoms with Crippen LogP contribution in [0.4, 0.5) is 5.82 Å². The first kappa shape index (κ1) is 15.3. The van der Waals surface area contributed by atoms with Gasteiger partial charge in [-0.05, 0) is 37.3 Å². The zero-order chi connectivity index (χ0) is 14.6. The lowest BCUT2D eigenvalue weighted by Gasteiger charge is -2.20. The molecule has 1 unspecified atom stereocenters. The number of nitrogen functional groups attached to an aromatic ring is 1. The number of anilines is 1. The maximum Gasteiger partial charge on any atom is 0.244 e. The van der Waals surface area contributed by atoms with E-state index in [-0.39, 0.29) is 4.90 Å². The number of nitrogens with two attached hydrogens (primary N) is 1. The Morgan fingerprint density at radius 2 is 2.15 bits per heavy atom. The summed E-state index contributed by atoms with van der Waals surface area (Å²) < 4.78 is 26.7. The Morgan fingerprint density at radius 1 is 1.35 bits per heavy atom. The SMILES string of the molecule is CCCC1CCCN(S(=O)(=O)c2ccc(N)nc2)CC1. The molecule has 2 N–H and O–H groups in total. The van der Waals surface area contributed by atoms with Crippen molar-refractivity contribution < 1.29 is 8.42 Å². The van der Waals surface area contributed by atoms with Crippen LogP contribution in [-0.2, 0) is 10.0 Å². The fraction of sp³-hybridized carbons (Fsp3) is 0.643. The van der Waals surface area contributed by atoms with Gasteiger partial charge in [-0.25, -0.2) is 13.4 Å². The largest absolute Gasteiger partial charge is 0.384 e. The smallest absolute Gasteiger partial charge is 0.244 e. The highest BCUT2D eigenvalue weighted by atomic mass is 32.2. The maximum absolute atomic E-state index is 12.6. The first-order valence-corrected chi connectivity index (χ1v) is 8.69. The first-order chi connectivity index (χ1) is 9.54. The summed E-state index contributed by atoms with van der Waals surface area (Å²) in [6.45, 7) is 3.39. The quantitative estimate of drug-likeness (QED) is 0.924. The highest BCUT2D eigenvalue weighted by Gasteiger charge is 2.27. The molecule has 1 aliphatic heterocycles. The molecular formula is C14H23N3O2S. The number of sulfonamides is 1. The third kappa shape index (κ3) is 3.49. The molecule has 1 aromatic heterocycles. The van der Waals surface area contributed by atoms with Gasteiger partial charge >= 0.3 is 0 Å². The monoisotopic (exact) mass is 297 g/mol. The van der Waals surface area contributed by atoms with Crippen LogP contribution in [-0.4, -0.2) is 30.8 Å². The van der Waals surface area contributed by atoms with Gasteiger partial charge in [-0.3, -0.25) is 0 Å². The molecule has 0 spiro atoms. The number of hydrogen-bond acceptors (Lipinski definition) is 4. The summed E-state index contributed by atoms with van der Waals surface area (Å²) in [5.41, 5.74) is 5.51. The summed E-state index contributed by atoms with van der Waals surface area (Å²) in [7, 11) is -3.43. The molecule has 1 aromatic rings. The van der Waals surface area contributed by atoms with Gasteiger partial charge in [0.25, 0.3) is 0 Å². The maximum atomic E-state index is 12.6. The Labute approximate surface area is 121 Å². The van der Waals surface area contributed by atoms with E-state index in [0.717, 1.165) is 19.3 Å². The van der Waals surface area contributed by atoms with Gasteiger partial charge < -0.3 is 5.73 Å². The van der Waals surface area contributed by atoms with Crippen LogP contribution in [0.2, 0.25) is 0 Å². The minimum absolute atomic E-state index is 0.237. The van der Waals surface area contributed by atoms with Crippen molar-refractivity contribution >= 4 is 15.8 Å². The van der Waals surface area contributed by atoms with Crippen LogP contribution in [0.15, 0.2) is 23.2 Å². The number of rotatable bonds is 4. The van der Waals surface area contributed by atoms with E-state index in [2.05, 4.69) is 11.9 Å². The molecule has 1 atom stereocenters. The fourth-order valence-corrected chi connectivity index (χ4v) is 4.21. The Hall–Kier alpha value is -1.14. The van der Waals surface area contributed by atoms with Gasteiger partial charge in [0, 0.05) is 19.3 Å². The molecule has 0 amide bonds. The van der Waals surface area contributed by atoms with Crippen molar-refractivity contribution in [1.29, 1.82) is 0 Å². The van der Waals surface area contributed by atoms with Gasteiger partial charge in [-0.15, -0.1) is 0 Å². The molecule has 0 aliphatic carbocycles. The molecule has 5 nitrogen and oxygen atoms in total. The minimum Gasteiger partial charge on any atom is -0.384 e. The fourth-order valence-electron chi connectivity index (χ4n) is 2.77. The van der Waals surface area contributed by atoms with Gasteiger partial charge in [-0.1, -0.05) is 19.8 Å². The summed E-state index contributed by atoms with van der Waals surface area (Å²) in [6.07, 6.45) is 6.72. The Bertz CT molecular complexity index is 528. The van der Waals surface area contributed by atoms with E-state index < -0.39 is 10.0 Å². The predicted octanol–water partition coefficient (Wildman–Crippen LogP) is 2.25. The molecule has 2 rings (SSSR count). The molecule has 0 bridgehead atoms. The lowest BCUT2D eigenvalue weighted by molar-refractivity contribution is 0.400. The van der Waals surface area contributed by atoms with Gasteiger partial charge in [0.05, 0.1) is 0 Å². The second-order valence-electron chi connectivity index (χ2n) is 5.41. The lowest BCUT2D eigenvalue weighted by Crippen LogP contribution is -2.32. The molecule has 1 saturated heterocycles. The zero-order valence-electron chi connectivity index (χ0n) is 12.0. The summed E-state index contributed by atoms with van der Waals surface area (Å²) in [5, 5.41) is 0. The molecule has 1 fully saturated rings. The van der Waals surface area contributed by atoms with Crippen molar-refractivity contribution in [3.63, 3.8) is 0 Å². The van der Waals surface area contributed by atoms with Crippen molar-refractivity contribution in [2.75, 3.05) is 18.8 Å². The van der Waals surface area contributed by atoms with Crippen LogP contribution in [0.5, 0.6) is 0 Å². The number of nitrogens with zero attached hydrogens (tertiary/aromatic N) is 2. The summed E-state index contributed by atoms with van der Waals surface area (Å²) in [4.78, 5) is 4.12. The molecule has 0 radical (unpaired) electrons. The van der Waals surface area contributed by atoms with Gasteiger partial charge in [-0.2, -0.15) is 4.31 Å². The van der Waals surface area contributed by atoms with E-state index >= 15 is 0 Å². The van der Waals surface area contributed by atoms with Crippen LogP contribution in [0.25, 0.3) is 0 Å². The second-order valence-corrected chi connectivity index (χ2v) is 7.35. The number of hydrogen-bond donors (Lipinski definition) is 1. The molecule has 2 heterocycles. The topological polar surface area (TPSA) is 76.3 Å². The average Bonchev–Trinajstić information content (AvgIpc) is 2.66. The molecular weight excluding hydrogens is 274 g/mol. The van der Waals surface area contributed by atoms with E-state index in [0.29, 0.717) is 24.8 Å². The minimum atomic E-state index is -3.43. The lowest BCUT2D eigenvalue weighted by atomic mass is 9.96. The van der Waals surface area contributed by atoms with Crippen molar-refractivity contribution in [1.82, 2.24) is 9.29 Å².